The average Bonchev–Trinajstić information content (AvgIpc) is 2.51. The standard InChI is InChI=1S/C17H19NO4S2/c1-17(2,3)18(22)11-4-6-12(7-5-11)23-24-13-8-9-14(16(20)21)15(19)10-13/h4-10,19,22H,1-3H3,(H,20,21). The molecule has 0 spiro atoms. The van der Waals surface area contributed by atoms with Crippen molar-refractivity contribution in [3.8, 4) is 5.75 Å². The van der Waals surface area contributed by atoms with Crippen molar-refractivity contribution < 1.29 is 20.2 Å². The zero-order valence-electron chi connectivity index (χ0n) is 13.6. The Bertz CT molecular complexity index is 726. The van der Waals surface area contributed by atoms with Gasteiger partial charge in [-0.2, -0.15) is 0 Å². The fraction of sp³-hybridized carbons (Fsp3) is 0.235. The van der Waals surface area contributed by atoms with Gasteiger partial charge < -0.3 is 10.2 Å². The SMILES string of the molecule is CC(C)(C)N(O)c1ccc(SSc2ccc(C(=O)O)c(O)c2)cc1. The number of phenols is 1. The molecule has 0 radical (unpaired) electrons. The van der Waals surface area contributed by atoms with Gasteiger partial charge in [-0.25, -0.2) is 4.79 Å². The highest BCUT2D eigenvalue weighted by molar-refractivity contribution is 8.76. The fourth-order valence-corrected chi connectivity index (χ4v) is 3.82. The average molecular weight is 365 g/mol. The van der Waals surface area contributed by atoms with Gasteiger partial charge in [-0.3, -0.25) is 10.3 Å². The maximum Gasteiger partial charge on any atom is 0.339 e. The maximum atomic E-state index is 10.9. The molecule has 0 saturated heterocycles. The Kier molecular flexibility index (Phi) is 5.69. The van der Waals surface area contributed by atoms with Crippen LogP contribution in [0.2, 0.25) is 0 Å². The summed E-state index contributed by atoms with van der Waals surface area (Å²) in [7, 11) is 2.90. The summed E-state index contributed by atoms with van der Waals surface area (Å²) < 4.78 is 0. The minimum Gasteiger partial charge on any atom is -0.507 e. The number of anilines is 1. The van der Waals surface area contributed by atoms with Crippen LogP contribution < -0.4 is 5.06 Å². The lowest BCUT2D eigenvalue weighted by Crippen LogP contribution is -2.38. The van der Waals surface area contributed by atoms with Crippen LogP contribution in [-0.4, -0.2) is 26.9 Å². The van der Waals surface area contributed by atoms with Crippen molar-refractivity contribution in [3.05, 3.63) is 48.0 Å². The molecule has 0 heterocycles. The largest absolute Gasteiger partial charge is 0.507 e. The van der Waals surface area contributed by atoms with E-state index in [0.29, 0.717) is 5.69 Å². The second-order valence-corrected chi connectivity index (χ2v) is 8.40. The van der Waals surface area contributed by atoms with Crippen molar-refractivity contribution in [2.24, 2.45) is 0 Å². The molecule has 0 amide bonds. The number of carboxylic acid groups (broad SMARTS) is 1. The van der Waals surface area contributed by atoms with E-state index in [1.807, 2.05) is 45.0 Å². The van der Waals surface area contributed by atoms with E-state index in [0.717, 1.165) is 9.79 Å². The van der Waals surface area contributed by atoms with Crippen molar-refractivity contribution >= 4 is 33.2 Å². The van der Waals surface area contributed by atoms with E-state index in [1.165, 1.54) is 38.8 Å². The smallest absolute Gasteiger partial charge is 0.339 e. The van der Waals surface area contributed by atoms with Gasteiger partial charge in [-0.1, -0.05) is 21.6 Å². The molecule has 2 aromatic carbocycles. The Balaban J connectivity index is 2.02. The van der Waals surface area contributed by atoms with E-state index < -0.39 is 5.97 Å². The second-order valence-electron chi connectivity index (χ2n) is 6.13. The fourth-order valence-electron chi connectivity index (χ4n) is 1.87. The summed E-state index contributed by atoms with van der Waals surface area (Å²) in [4.78, 5) is 12.6. The Hall–Kier alpha value is -1.83. The summed E-state index contributed by atoms with van der Waals surface area (Å²) in [5, 5.41) is 29.9. The summed E-state index contributed by atoms with van der Waals surface area (Å²) in [5.74, 6) is -1.40. The van der Waals surface area contributed by atoms with E-state index in [1.54, 1.807) is 6.07 Å². The van der Waals surface area contributed by atoms with Crippen LogP contribution in [-0.2, 0) is 0 Å². The zero-order chi connectivity index (χ0) is 17.9. The van der Waals surface area contributed by atoms with Gasteiger partial charge in [0.25, 0.3) is 0 Å². The number of nitrogens with zero attached hydrogens (tertiary/aromatic N) is 1. The number of rotatable bonds is 5. The summed E-state index contributed by atoms with van der Waals surface area (Å²) in [6.07, 6.45) is 0. The quantitative estimate of drug-likeness (QED) is 0.514. The van der Waals surface area contributed by atoms with Crippen molar-refractivity contribution in [1.82, 2.24) is 0 Å². The molecule has 5 nitrogen and oxygen atoms in total. The highest BCUT2D eigenvalue weighted by atomic mass is 33.1. The Labute approximate surface area is 148 Å². The van der Waals surface area contributed by atoms with Gasteiger partial charge in [-0.15, -0.1) is 0 Å². The minimum absolute atomic E-state index is 0.112. The highest BCUT2D eigenvalue weighted by Crippen LogP contribution is 2.39. The number of aromatic carboxylic acids is 1. The van der Waals surface area contributed by atoms with Gasteiger partial charge in [0, 0.05) is 9.79 Å². The Morgan fingerprint density at radius 2 is 1.54 bits per heavy atom. The third-order valence-electron chi connectivity index (χ3n) is 3.15. The van der Waals surface area contributed by atoms with Gasteiger partial charge in [0.15, 0.2) is 0 Å². The molecule has 7 heteroatoms. The monoisotopic (exact) mass is 365 g/mol. The van der Waals surface area contributed by atoms with Crippen LogP contribution in [0.1, 0.15) is 31.1 Å². The predicted molar refractivity (Wildman–Crippen MR) is 97.2 cm³/mol. The minimum atomic E-state index is -1.15. The molecule has 2 rings (SSSR count). The molecule has 0 aliphatic heterocycles. The molecule has 24 heavy (non-hydrogen) atoms. The molecule has 0 aliphatic carbocycles. The van der Waals surface area contributed by atoms with Crippen LogP contribution in [0.5, 0.6) is 5.75 Å². The highest BCUT2D eigenvalue weighted by Gasteiger charge is 2.19. The first kappa shape index (κ1) is 18.5. The molecule has 0 aromatic heterocycles. The molecule has 0 fully saturated rings. The predicted octanol–water partition coefficient (Wildman–Crippen LogP) is 4.88. The number of carboxylic acids is 1. The van der Waals surface area contributed by atoms with Crippen LogP contribution in [0.15, 0.2) is 52.3 Å². The maximum absolute atomic E-state index is 10.9. The number of hydrogen-bond donors (Lipinski definition) is 3. The third kappa shape index (κ3) is 4.59. The Morgan fingerprint density at radius 3 is 2.04 bits per heavy atom. The van der Waals surface area contributed by atoms with Crippen molar-refractivity contribution in [2.45, 2.75) is 36.1 Å². The van der Waals surface area contributed by atoms with Gasteiger partial charge in [0.2, 0.25) is 0 Å². The molecule has 0 saturated carbocycles. The first-order valence-electron chi connectivity index (χ1n) is 7.18. The van der Waals surface area contributed by atoms with Crippen LogP contribution in [0.25, 0.3) is 0 Å². The van der Waals surface area contributed by atoms with E-state index in [9.17, 15) is 15.1 Å². The van der Waals surface area contributed by atoms with Crippen molar-refractivity contribution in [2.75, 3.05) is 5.06 Å². The first-order chi connectivity index (χ1) is 11.2. The molecule has 0 bridgehead atoms. The summed E-state index contributed by atoms with van der Waals surface area (Å²) in [6, 6.07) is 11.9. The molecular formula is C17H19NO4S2. The van der Waals surface area contributed by atoms with Crippen LogP contribution in [0, 0.1) is 0 Å². The van der Waals surface area contributed by atoms with E-state index in [2.05, 4.69) is 0 Å². The summed E-state index contributed by atoms with van der Waals surface area (Å²) in [5.41, 5.74) is 0.214. The lowest BCUT2D eigenvalue weighted by molar-refractivity contribution is 0.0693. The molecule has 0 unspecified atom stereocenters. The van der Waals surface area contributed by atoms with Crippen molar-refractivity contribution in [3.63, 3.8) is 0 Å². The molecule has 0 aliphatic rings. The topological polar surface area (TPSA) is 81.0 Å². The number of benzene rings is 2. The number of aromatic hydroxyl groups is 1. The van der Waals surface area contributed by atoms with Crippen LogP contribution in [0.3, 0.4) is 0 Å². The van der Waals surface area contributed by atoms with Gasteiger partial charge in [0.05, 0.1) is 11.2 Å². The van der Waals surface area contributed by atoms with Crippen LogP contribution in [0.4, 0.5) is 5.69 Å². The first-order valence-corrected chi connectivity index (χ1v) is 9.33. The molecule has 128 valence electrons. The lowest BCUT2D eigenvalue weighted by atomic mass is 10.1. The second kappa shape index (κ2) is 7.38. The summed E-state index contributed by atoms with van der Waals surface area (Å²) in [6.45, 7) is 5.75. The van der Waals surface area contributed by atoms with E-state index in [-0.39, 0.29) is 16.9 Å². The Morgan fingerprint density at radius 1 is 1.00 bits per heavy atom. The van der Waals surface area contributed by atoms with Gasteiger partial charge in [0.1, 0.15) is 11.3 Å². The van der Waals surface area contributed by atoms with Gasteiger partial charge in [-0.05, 0) is 63.2 Å². The lowest BCUT2D eigenvalue weighted by Gasteiger charge is -2.31. The number of hydrogen-bond acceptors (Lipinski definition) is 6. The van der Waals surface area contributed by atoms with Crippen molar-refractivity contribution in [1.29, 1.82) is 0 Å². The van der Waals surface area contributed by atoms with E-state index in [4.69, 9.17) is 5.11 Å². The normalized spacial score (nSPS) is 11.3. The number of hydroxylamine groups is 1. The van der Waals surface area contributed by atoms with Gasteiger partial charge >= 0.3 is 5.97 Å². The van der Waals surface area contributed by atoms with Crippen LogP contribution >= 0.6 is 21.6 Å². The number of carbonyl (C=O) groups is 1. The molecule has 2 aromatic rings. The summed E-state index contributed by atoms with van der Waals surface area (Å²) >= 11 is 0. The zero-order valence-corrected chi connectivity index (χ0v) is 15.2. The molecular weight excluding hydrogens is 346 g/mol. The third-order valence-corrected chi connectivity index (χ3v) is 5.55. The molecule has 0 atom stereocenters. The van der Waals surface area contributed by atoms with E-state index >= 15 is 0 Å². The molecule has 3 N–H and O–H groups in total.